The molecule has 2 aliphatic rings. The smallest absolute Gasteiger partial charge is 0.298 e. The van der Waals surface area contributed by atoms with E-state index < -0.39 is 0 Å². The van der Waals surface area contributed by atoms with E-state index in [2.05, 4.69) is 22.1 Å². The summed E-state index contributed by atoms with van der Waals surface area (Å²) in [6.07, 6.45) is 1.61. The molecule has 2 aliphatic heterocycles. The summed E-state index contributed by atoms with van der Waals surface area (Å²) in [6.45, 7) is 5.82. The van der Waals surface area contributed by atoms with Crippen LogP contribution in [0.3, 0.4) is 0 Å². The molecule has 1 N–H and O–H groups in total. The predicted molar refractivity (Wildman–Crippen MR) is 95.9 cm³/mol. The maximum Gasteiger partial charge on any atom is 0.298 e. The number of carbonyl (C=O) groups excluding carboxylic acids is 1. The zero-order chi connectivity index (χ0) is 17.4. The number of ether oxygens (including phenoxy) is 1. The molecule has 4 rings (SSSR count). The van der Waals surface area contributed by atoms with Crippen LogP contribution < -0.4 is 10.2 Å². The number of benzene rings is 1. The van der Waals surface area contributed by atoms with Crippen molar-refractivity contribution in [3.8, 4) is 0 Å². The first-order valence-corrected chi connectivity index (χ1v) is 9.07. The van der Waals surface area contributed by atoms with E-state index in [4.69, 9.17) is 20.8 Å². The van der Waals surface area contributed by atoms with Crippen LogP contribution in [0, 0.1) is 11.3 Å². The third kappa shape index (κ3) is 3.46. The molecule has 0 bridgehead atoms. The highest BCUT2D eigenvalue weighted by Gasteiger charge is 2.35. The first kappa shape index (κ1) is 16.7. The first-order chi connectivity index (χ1) is 12.0. The highest BCUT2D eigenvalue weighted by Crippen LogP contribution is 2.29. The molecule has 0 aliphatic carbocycles. The number of rotatable bonds is 4. The first-order valence-electron chi connectivity index (χ1n) is 8.69. The molecular formula is C18H22ClN3O3. The van der Waals surface area contributed by atoms with Crippen LogP contribution in [0.15, 0.2) is 22.6 Å². The number of hydrogen-bond donors (Lipinski definition) is 1. The van der Waals surface area contributed by atoms with Gasteiger partial charge < -0.3 is 19.4 Å². The van der Waals surface area contributed by atoms with Gasteiger partial charge in [0.05, 0.1) is 13.2 Å². The second kappa shape index (κ2) is 6.50. The Hall–Kier alpha value is -1.79. The molecule has 0 radical (unpaired) electrons. The van der Waals surface area contributed by atoms with Crippen molar-refractivity contribution in [2.24, 2.45) is 11.3 Å². The number of aromatic nitrogens is 1. The Labute approximate surface area is 151 Å². The molecule has 1 amide bonds. The van der Waals surface area contributed by atoms with E-state index in [0.717, 1.165) is 44.7 Å². The lowest BCUT2D eigenvalue weighted by Gasteiger charge is -2.38. The van der Waals surface area contributed by atoms with Crippen molar-refractivity contribution < 1.29 is 13.9 Å². The van der Waals surface area contributed by atoms with Crippen LogP contribution in [-0.2, 0) is 9.53 Å². The summed E-state index contributed by atoms with van der Waals surface area (Å²) in [7, 11) is 0. The van der Waals surface area contributed by atoms with Crippen molar-refractivity contribution in [2.45, 2.75) is 19.8 Å². The maximum atomic E-state index is 12.4. The molecule has 25 heavy (non-hydrogen) atoms. The lowest BCUT2D eigenvalue weighted by atomic mass is 9.88. The van der Waals surface area contributed by atoms with Crippen LogP contribution in [0.1, 0.15) is 19.8 Å². The molecule has 6 nitrogen and oxygen atoms in total. The van der Waals surface area contributed by atoms with Crippen molar-refractivity contribution >= 4 is 34.6 Å². The molecular weight excluding hydrogens is 342 g/mol. The van der Waals surface area contributed by atoms with Crippen LogP contribution in [0.5, 0.6) is 0 Å². The average molecular weight is 364 g/mol. The molecule has 2 saturated heterocycles. The average Bonchev–Trinajstić information content (AvgIpc) is 3.01. The van der Waals surface area contributed by atoms with E-state index in [1.165, 1.54) is 0 Å². The Kier molecular flexibility index (Phi) is 4.33. The molecule has 3 heterocycles. The number of carbonyl (C=O) groups is 1. The Morgan fingerprint density at radius 2 is 2.16 bits per heavy atom. The molecule has 134 valence electrons. The Morgan fingerprint density at radius 3 is 2.84 bits per heavy atom. The molecule has 0 saturated carbocycles. The number of halogens is 1. The third-order valence-electron chi connectivity index (χ3n) is 5.07. The fourth-order valence-corrected chi connectivity index (χ4v) is 3.51. The summed E-state index contributed by atoms with van der Waals surface area (Å²) in [6, 6.07) is 6.05. The lowest BCUT2D eigenvalue weighted by molar-refractivity contribution is -0.130. The van der Waals surface area contributed by atoms with Crippen LogP contribution in [-0.4, -0.2) is 43.7 Å². The number of fused-ring (bicyclic) bond motifs is 1. The SMILES string of the molecule is CC1(CNC(=O)C2CCN(c3nc4ccc(Cl)cc4o3)CC2)COC1. The van der Waals surface area contributed by atoms with E-state index in [-0.39, 0.29) is 17.2 Å². The van der Waals surface area contributed by atoms with Gasteiger partial charge >= 0.3 is 0 Å². The minimum Gasteiger partial charge on any atom is -0.423 e. The van der Waals surface area contributed by atoms with E-state index >= 15 is 0 Å². The maximum absolute atomic E-state index is 12.4. The van der Waals surface area contributed by atoms with Gasteiger partial charge in [-0.1, -0.05) is 18.5 Å². The predicted octanol–water partition coefficient (Wildman–Crippen LogP) is 2.85. The number of hydrogen-bond acceptors (Lipinski definition) is 5. The summed E-state index contributed by atoms with van der Waals surface area (Å²) in [4.78, 5) is 19.0. The molecule has 1 aromatic carbocycles. The summed E-state index contributed by atoms with van der Waals surface area (Å²) < 4.78 is 11.0. The van der Waals surface area contributed by atoms with Gasteiger partial charge in [0.15, 0.2) is 5.58 Å². The van der Waals surface area contributed by atoms with E-state index in [1.54, 1.807) is 12.1 Å². The third-order valence-corrected chi connectivity index (χ3v) is 5.30. The summed E-state index contributed by atoms with van der Waals surface area (Å²) in [5.41, 5.74) is 1.60. The summed E-state index contributed by atoms with van der Waals surface area (Å²) in [5.74, 6) is 0.205. The highest BCUT2D eigenvalue weighted by molar-refractivity contribution is 6.31. The van der Waals surface area contributed by atoms with Crippen LogP contribution in [0.4, 0.5) is 6.01 Å². The Bertz CT molecular complexity index is 779. The highest BCUT2D eigenvalue weighted by atomic mass is 35.5. The molecule has 0 atom stereocenters. The van der Waals surface area contributed by atoms with Gasteiger partial charge in [0.2, 0.25) is 5.91 Å². The second-order valence-corrected chi connectivity index (χ2v) is 7.83. The Balaban J connectivity index is 1.33. The van der Waals surface area contributed by atoms with Gasteiger partial charge in [-0.05, 0) is 25.0 Å². The molecule has 2 aromatic rings. The van der Waals surface area contributed by atoms with Crippen molar-refractivity contribution in [1.29, 1.82) is 0 Å². The van der Waals surface area contributed by atoms with E-state index in [1.807, 2.05) is 6.07 Å². The van der Waals surface area contributed by atoms with Gasteiger partial charge in [-0.2, -0.15) is 4.98 Å². The van der Waals surface area contributed by atoms with Gasteiger partial charge in [0, 0.05) is 42.1 Å². The number of amides is 1. The van der Waals surface area contributed by atoms with Crippen molar-refractivity contribution in [3.05, 3.63) is 23.2 Å². The Morgan fingerprint density at radius 1 is 1.40 bits per heavy atom. The minimum atomic E-state index is 0.0552. The number of oxazole rings is 1. The van der Waals surface area contributed by atoms with Crippen LogP contribution in [0.2, 0.25) is 5.02 Å². The molecule has 0 spiro atoms. The standard InChI is InChI=1S/C18H22ClN3O3/c1-18(10-24-11-18)9-20-16(23)12-4-6-22(7-5-12)17-21-14-3-2-13(19)8-15(14)25-17/h2-3,8,12H,4-7,9-11H2,1H3,(H,20,23). The summed E-state index contributed by atoms with van der Waals surface area (Å²) >= 11 is 5.99. The van der Waals surface area contributed by atoms with Gasteiger partial charge in [0.25, 0.3) is 6.01 Å². The number of nitrogens with zero attached hydrogens (tertiary/aromatic N) is 2. The quantitative estimate of drug-likeness (QED) is 0.904. The monoisotopic (exact) mass is 363 g/mol. The van der Waals surface area contributed by atoms with Crippen LogP contribution >= 0.6 is 11.6 Å². The topological polar surface area (TPSA) is 67.6 Å². The largest absolute Gasteiger partial charge is 0.423 e. The van der Waals surface area contributed by atoms with Crippen LogP contribution in [0.25, 0.3) is 11.1 Å². The fourth-order valence-electron chi connectivity index (χ4n) is 3.35. The number of nitrogens with one attached hydrogen (secondary N) is 1. The van der Waals surface area contributed by atoms with Crippen molar-refractivity contribution in [3.63, 3.8) is 0 Å². The fraction of sp³-hybridized carbons (Fsp3) is 0.556. The van der Waals surface area contributed by atoms with Crippen molar-refractivity contribution in [1.82, 2.24) is 10.3 Å². The normalized spacial score (nSPS) is 20.5. The lowest BCUT2D eigenvalue weighted by Crippen LogP contribution is -2.50. The molecule has 2 fully saturated rings. The zero-order valence-corrected chi connectivity index (χ0v) is 15.0. The minimum absolute atomic E-state index is 0.0552. The molecule has 1 aromatic heterocycles. The number of anilines is 1. The van der Waals surface area contributed by atoms with E-state index in [0.29, 0.717) is 23.2 Å². The van der Waals surface area contributed by atoms with Gasteiger partial charge in [-0.3, -0.25) is 4.79 Å². The van der Waals surface area contributed by atoms with E-state index in [9.17, 15) is 4.79 Å². The zero-order valence-electron chi connectivity index (χ0n) is 14.3. The molecule has 7 heteroatoms. The second-order valence-electron chi connectivity index (χ2n) is 7.39. The summed E-state index contributed by atoms with van der Waals surface area (Å²) in [5, 5.41) is 3.72. The van der Waals surface area contributed by atoms with Gasteiger partial charge in [-0.25, -0.2) is 0 Å². The molecule has 0 unspecified atom stereocenters. The van der Waals surface area contributed by atoms with Gasteiger partial charge in [0.1, 0.15) is 5.52 Å². The van der Waals surface area contributed by atoms with Gasteiger partial charge in [-0.15, -0.1) is 0 Å². The number of piperidine rings is 1. The van der Waals surface area contributed by atoms with Crippen molar-refractivity contribution in [2.75, 3.05) is 37.7 Å².